The average Bonchev–Trinajstić information content (AvgIpc) is 2.73. The maximum Gasteiger partial charge on any atom is 0.534 e. The van der Waals surface area contributed by atoms with Crippen LogP contribution < -0.4 is 4.18 Å². The molecule has 15 heteroatoms. The van der Waals surface area contributed by atoms with Crippen LogP contribution in [0.2, 0.25) is 0 Å². The fraction of sp³-hybridized carbons (Fsp3) is 0.300. The highest BCUT2D eigenvalue weighted by atomic mass is 32.2. The fourth-order valence-electron chi connectivity index (χ4n) is 1.73. The van der Waals surface area contributed by atoms with Gasteiger partial charge in [-0.1, -0.05) is 0 Å². The highest BCUT2D eigenvalue weighted by molar-refractivity contribution is 7.90. The third kappa shape index (κ3) is 3.24. The lowest BCUT2D eigenvalue weighted by Crippen LogP contribution is -2.30. The molecule has 2 aromatic rings. The minimum atomic E-state index is -6.09. The molecule has 1 aromatic carbocycles. The highest BCUT2D eigenvalue weighted by Crippen LogP contribution is 2.32. The monoisotopic (exact) mass is 412 g/mol. The summed E-state index contributed by atoms with van der Waals surface area (Å²) in [5, 5.41) is 3.03. The zero-order valence-electron chi connectivity index (χ0n) is 11.8. The van der Waals surface area contributed by atoms with Crippen LogP contribution in [0.4, 0.5) is 26.3 Å². The van der Waals surface area contributed by atoms with Gasteiger partial charge in [-0.25, -0.2) is 0 Å². The van der Waals surface area contributed by atoms with Gasteiger partial charge in [0, 0.05) is 11.5 Å². The van der Waals surface area contributed by atoms with E-state index in [1.165, 1.54) is 0 Å². The Bertz CT molecular complexity index is 1040. The molecule has 0 saturated heterocycles. The molecule has 0 fully saturated rings. The lowest BCUT2D eigenvalue weighted by molar-refractivity contribution is -0.0500. The molecule has 1 heterocycles. The van der Waals surface area contributed by atoms with Gasteiger partial charge in [0.2, 0.25) is 0 Å². The van der Waals surface area contributed by atoms with Crippen molar-refractivity contribution >= 4 is 31.0 Å². The van der Waals surface area contributed by atoms with Crippen LogP contribution in [0.5, 0.6) is 5.75 Å². The minimum Gasteiger partial charge on any atom is -0.376 e. The van der Waals surface area contributed by atoms with E-state index in [-0.39, 0.29) is 11.1 Å². The average molecular weight is 412 g/mol. The highest BCUT2D eigenvalue weighted by Gasteiger charge is 2.50. The van der Waals surface area contributed by atoms with Gasteiger partial charge in [0.15, 0.2) is 0 Å². The molecule has 0 aliphatic heterocycles. The van der Waals surface area contributed by atoms with Crippen LogP contribution in [0.25, 0.3) is 10.9 Å². The van der Waals surface area contributed by atoms with Gasteiger partial charge >= 0.3 is 31.2 Å². The number of halogens is 6. The Balaban J connectivity index is 2.67. The van der Waals surface area contributed by atoms with E-state index in [1.54, 1.807) is 0 Å². The van der Waals surface area contributed by atoms with Crippen molar-refractivity contribution < 1.29 is 47.4 Å². The number of rotatable bonds is 3. The summed E-state index contributed by atoms with van der Waals surface area (Å²) in [4.78, 5) is 0. The Morgan fingerprint density at radius 2 is 1.56 bits per heavy atom. The van der Waals surface area contributed by atoms with Gasteiger partial charge in [-0.3, -0.25) is 0 Å². The number of hydrogen-bond acceptors (Lipinski definition) is 6. The molecule has 7 nitrogen and oxygen atoms in total. The van der Waals surface area contributed by atoms with Crippen molar-refractivity contribution in [2.24, 2.45) is 0 Å². The number of nitrogens with zero attached hydrogens (tertiary/aromatic N) is 2. The number of alkyl halides is 6. The van der Waals surface area contributed by atoms with Crippen molar-refractivity contribution in [1.82, 2.24) is 9.19 Å². The van der Waals surface area contributed by atoms with E-state index in [2.05, 4.69) is 9.28 Å². The van der Waals surface area contributed by atoms with E-state index in [0.29, 0.717) is 12.1 Å². The fourth-order valence-corrected chi connectivity index (χ4v) is 3.01. The van der Waals surface area contributed by atoms with Crippen LogP contribution in [0.3, 0.4) is 0 Å². The zero-order chi connectivity index (χ0) is 19.4. The normalized spacial score (nSPS) is 14.0. The van der Waals surface area contributed by atoms with Crippen molar-refractivity contribution in [3.63, 3.8) is 0 Å². The molecule has 0 N–H and O–H groups in total. The molecule has 0 aliphatic carbocycles. The Labute approximate surface area is 136 Å². The van der Waals surface area contributed by atoms with Gasteiger partial charge in [-0.15, -0.1) is 4.09 Å². The van der Waals surface area contributed by atoms with Crippen molar-refractivity contribution in [1.29, 1.82) is 0 Å². The predicted molar refractivity (Wildman–Crippen MR) is 70.4 cm³/mol. The lowest BCUT2D eigenvalue weighted by Gasteiger charge is -2.11. The summed E-state index contributed by atoms with van der Waals surface area (Å²) >= 11 is 0. The van der Waals surface area contributed by atoms with Crippen LogP contribution >= 0.6 is 0 Å². The molecular weight excluding hydrogens is 406 g/mol. The van der Waals surface area contributed by atoms with Crippen LogP contribution in [0.1, 0.15) is 5.69 Å². The SMILES string of the molecule is Cc1nn(S(=O)(=O)C(F)(F)F)c2cc(OS(=O)(=O)C(F)(F)F)ccc12. The van der Waals surface area contributed by atoms with Crippen molar-refractivity contribution in [3.05, 3.63) is 23.9 Å². The summed E-state index contributed by atoms with van der Waals surface area (Å²) < 4.78 is 123. The second-order valence-electron chi connectivity index (χ2n) is 4.54. The topological polar surface area (TPSA) is 95.3 Å². The first kappa shape index (κ1) is 19.3. The molecule has 0 aliphatic rings. The van der Waals surface area contributed by atoms with Crippen LogP contribution in [-0.4, -0.2) is 37.0 Å². The molecule has 0 bridgehead atoms. The van der Waals surface area contributed by atoms with Crippen molar-refractivity contribution in [2.45, 2.75) is 17.9 Å². The molecule has 2 rings (SSSR count). The maximum absolute atomic E-state index is 12.7. The molecular formula is C10H6F6N2O5S2. The lowest BCUT2D eigenvalue weighted by atomic mass is 10.2. The zero-order valence-corrected chi connectivity index (χ0v) is 13.4. The molecule has 140 valence electrons. The van der Waals surface area contributed by atoms with Gasteiger partial charge in [0.1, 0.15) is 5.75 Å². The molecule has 0 saturated carbocycles. The minimum absolute atomic E-state index is 0.162. The number of hydrogen-bond donors (Lipinski definition) is 0. The second-order valence-corrected chi connectivity index (χ2v) is 7.84. The van der Waals surface area contributed by atoms with Crippen molar-refractivity contribution in [2.75, 3.05) is 0 Å². The van der Waals surface area contributed by atoms with Gasteiger partial charge < -0.3 is 4.18 Å². The van der Waals surface area contributed by atoms with E-state index < -0.39 is 46.5 Å². The predicted octanol–water partition coefficient (Wildman–Crippen LogP) is 2.27. The number of aryl methyl sites for hydroxylation is 1. The number of benzene rings is 1. The maximum atomic E-state index is 12.7. The van der Waals surface area contributed by atoms with E-state index in [0.717, 1.165) is 13.0 Å². The number of aromatic nitrogens is 2. The Kier molecular flexibility index (Phi) is 4.23. The van der Waals surface area contributed by atoms with Crippen LogP contribution in [-0.2, 0) is 20.1 Å². The molecule has 0 spiro atoms. The van der Waals surface area contributed by atoms with Gasteiger partial charge in [0.25, 0.3) is 0 Å². The Morgan fingerprint density at radius 3 is 2.04 bits per heavy atom. The van der Waals surface area contributed by atoms with Gasteiger partial charge in [0.05, 0.1) is 11.2 Å². The Morgan fingerprint density at radius 1 is 1.00 bits per heavy atom. The second kappa shape index (κ2) is 5.48. The summed E-state index contributed by atoms with van der Waals surface area (Å²) in [7, 11) is -12.1. The quantitative estimate of drug-likeness (QED) is 0.436. The van der Waals surface area contributed by atoms with Crippen molar-refractivity contribution in [3.8, 4) is 5.75 Å². The number of fused-ring (bicyclic) bond motifs is 1. The standard InChI is InChI=1S/C10H6F6N2O5S2/c1-5-7-3-2-6(23-25(21,22)10(14,15)16)4-8(7)18(17-5)24(19,20)9(11,12)13/h2-4H,1H3. The smallest absolute Gasteiger partial charge is 0.376 e. The van der Waals surface area contributed by atoms with Gasteiger partial charge in [-0.2, -0.15) is 48.3 Å². The molecule has 0 atom stereocenters. The first-order chi connectivity index (χ1) is 11.1. The molecule has 1 aromatic heterocycles. The summed E-state index contributed by atoms with van der Waals surface area (Å²) in [5.74, 6) is -1.04. The van der Waals surface area contributed by atoms with Crippen LogP contribution in [0.15, 0.2) is 18.2 Å². The molecule has 25 heavy (non-hydrogen) atoms. The van der Waals surface area contributed by atoms with E-state index >= 15 is 0 Å². The first-order valence-electron chi connectivity index (χ1n) is 5.90. The molecule has 0 radical (unpaired) electrons. The largest absolute Gasteiger partial charge is 0.534 e. The van der Waals surface area contributed by atoms with E-state index in [4.69, 9.17) is 0 Å². The first-order valence-corrected chi connectivity index (χ1v) is 8.75. The molecule has 0 unspecified atom stereocenters. The van der Waals surface area contributed by atoms with Gasteiger partial charge in [-0.05, 0) is 19.1 Å². The third-order valence-electron chi connectivity index (χ3n) is 2.82. The van der Waals surface area contributed by atoms with Crippen LogP contribution in [0, 0.1) is 6.92 Å². The summed E-state index contributed by atoms with van der Waals surface area (Å²) in [5.41, 5.74) is -12.5. The molecule has 0 amide bonds. The third-order valence-corrected chi connectivity index (χ3v) is 5.11. The summed E-state index contributed by atoms with van der Waals surface area (Å²) in [6, 6.07) is 1.98. The summed E-state index contributed by atoms with van der Waals surface area (Å²) in [6.07, 6.45) is 0. The summed E-state index contributed by atoms with van der Waals surface area (Å²) in [6.45, 7) is 1.15. The Hall–Kier alpha value is -2.03. The van der Waals surface area contributed by atoms with E-state index in [1.807, 2.05) is 0 Å². The van der Waals surface area contributed by atoms with E-state index in [9.17, 15) is 43.2 Å².